The molecule has 0 spiro atoms. The Morgan fingerprint density at radius 1 is 0.900 bits per heavy atom. The summed E-state index contributed by atoms with van der Waals surface area (Å²) in [6.07, 6.45) is 0. The van der Waals surface area contributed by atoms with E-state index in [1.54, 1.807) is 13.8 Å². The first-order valence-corrected chi connectivity index (χ1v) is 3.82. The molecule has 0 radical (unpaired) electrons. The molecule has 1 aliphatic rings. The van der Waals surface area contributed by atoms with Crippen LogP contribution in [0.15, 0.2) is 0 Å². The third kappa shape index (κ3) is 1.50. The number of piperazine rings is 1. The zero-order valence-electron chi connectivity index (χ0n) is 9.15. The van der Waals surface area contributed by atoms with Gasteiger partial charge in [-0.2, -0.15) is 0 Å². The SMILES string of the molecule is [2H]C1(C)NC(C)C(C)NC1([2H])C. The fourth-order valence-electron chi connectivity index (χ4n) is 1.15. The van der Waals surface area contributed by atoms with Gasteiger partial charge in [-0.3, -0.25) is 0 Å². The van der Waals surface area contributed by atoms with Crippen molar-refractivity contribution in [2.24, 2.45) is 0 Å². The maximum atomic E-state index is 7.89. The predicted molar refractivity (Wildman–Crippen MR) is 44.1 cm³/mol. The van der Waals surface area contributed by atoms with Gasteiger partial charge in [0.15, 0.2) is 0 Å². The van der Waals surface area contributed by atoms with Crippen LogP contribution in [0.1, 0.15) is 30.4 Å². The molecule has 0 bridgehead atoms. The van der Waals surface area contributed by atoms with E-state index in [1.165, 1.54) is 0 Å². The van der Waals surface area contributed by atoms with Crippen LogP contribution in [0.4, 0.5) is 0 Å². The van der Waals surface area contributed by atoms with Gasteiger partial charge < -0.3 is 10.6 Å². The molecule has 4 atom stereocenters. The van der Waals surface area contributed by atoms with Crippen LogP contribution in [-0.4, -0.2) is 24.1 Å². The second kappa shape index (κ2) is 2.89. The molecule has 0 aromatic rings. The average molecular weight is 144 g/mol. The summed E-state index contributed by atoms with van der Waals surface area (Å²) in [6, 6.07) is -1.35. The molecule has 0 aliphatic carbocycles. The Hall–Kier alpha value is -0.0800. The lowest BCUT2D eigenvalue weighted by molar-refractivity contribution is 0.250. The molecule has 1 heterocycles. The first kappa shape index (κ1) is 5.56. The summed E-state index contributed by atoms with van der Waals surface area (Å²) >= 11 is 0. The zero-order valence-corrected chi connectivity index (χ0v) is 7.15. The van der Waals surface area contributed by atoms with Gasteiger partial charge in [-0.15, -0.1) is 0 Å². The van der Waals surface area contributed by atoms with E-state index in [9.17, 15) is 0 Å². The van der Waals surface area contributed by atoms with Gasteiger partial charge in [0.25, 0.3) is 0 Å². The van der Waals surface area contributed by atoms with Gasteiger partial charge in [-0.05, 0) is 27.7 Å². The van der Waals surface area contributed by atoms with E-state index in [0.29, 0.717) is 0 Å². The summed E-state index contributed by atoms with van der Waals surface area (Å²) in [6.45, 7) is 7.52. The van der Waals surface area contributed by atoms with E-state index in [2.05, 4.69) is 10.6 Å². The molecule has 1 aliphatic heterocycles. The van der Waals surface area contributed by atoms with E-state index in [0.717, 1.165) is 0 Å². The van der Waals surface area contributed by atoms with Crippen LogP contribution in [0.25, 0.3) is 0 Å². The fourth-order valence-corrected chi connectivity index (χ4v) is 1.15. The quantitative estimate of drug-likeness (QED) is 0.524. The summed E-state index contributed by atoms with van der Waals surface area (Å²) in [4.78, 5) is 0. The highest BCUT2D eigenvalue weighted by molar-refractivity contribution is 4.89. The average Bonchev–Trinajstić information content (AvgIpc) is 1.82. The summed E-state index contributed by atoms with van der Waals surface area (Å²) in [5, 5.41) is 6.22. The molecule has 1 rings (SSSR count). The Morgan fingerprint density at radius 3 is 1.50 bits per heavy atom. The second-order valence-corrected chi connectivity index (χ2v) is 3.12. The van der Waals surface area contributed by atoms with E-state index in [-0.39, 0.29) is 12.1 Å². The summed E-state index contributed by atoms with van der Waals surface area (Å²) in [5.74, 6) is 0. The van der Waals surface area contributed by atoms with E-state index < -0.39 is 12.0 Å². The third-order valence-electron chi connectivity index (χ3n) is 2.20. The van der Waals surface area contributed by atoms with Crippen molar-refractivity contribution >= 4 is 0 Å². The van der Waals surface area contributed by atoms with Gasteiger partial charge in [0.2, 0.25) is 0 Å². The maximum Gasteiger partial charge on any atom is 0.0478 e. The van der Waals surface area contributed by atoms with Crippen LogP contribution in [0.3, 0.4) is 0 Å². The van der Waals surface area contributed by atoms with Crippen molar-refractivity contribution < 1.29 is 2.74 Å². The van der Waals surface area contributed by atoms with Crippen molar-refractivity contribution in [1.29, 1.82) is 0 Å². The molecule has 2 nitrogen and oxygen atoms in total. The normalized spacial score (nSPS) is 66.8. The molecule has 60 valence electrons. The topological polar surface area (TPSA) is 24.1 Å². The molecule has 1 saturated heterocycles. The zero-order chi connectivity index (χ0) is 9.57. The van der Waals surface area contributed by atoms with Gasteiger partial charge in [-0.1, -0.05) is 0 Å². The molecule has 2 N–H and O–H groups in total. The van der Waals surface area contributed by atoms with Crippen molar-refractivity contribution in [3.63, 3.8) is 0 Å². The molecule has 0 aromatic carbocycles. The number of rotatable bonds is 0. The van der Waals surface area contributed by atoms with Crippen LogP contribution in [-0.2, 0) is 0 Å². The summed E-state index contributed by atoms with van der Waals surface area (Å²) in [7, 11) is 0. The van der Waals surface area contributed by atoms with Crippen LogP contribution in [0.5, 0.6) is 0 Å². The first-order chi connectivity index (χ1) is 5.26. The molecule has 2 heteroatoms. The second-order valence-electron chi connectivity index (χ2n) is 3.12. The maximum absolute atomic E-state index is 7.89. The van der Waals surface area contributed by atoms with Crippen molar-refractivity contribution in [2.45, 2.75) is 51.8 Å². The van der Waals surface area contributed by atoms with Crippen LogP contribution >= 0.6 is 0 Å². The minimum atomic E-state index is -0.918. The van der Waals surface area contributed by atoms with Crippen molar-refractivity contribution in [1.82, 2.24) is 10.6 Å². The molecular formula is C8H18N2. The number of nitrogens with one attached hydrogen (secondary N) is 2. The predicted octanol–water partition coefficient (Wildman–Crippen LogP) is 0.733. The van der Waals surface area contributed by atoms with Gasteiger partial charge >= 0.3 is 0 Å². The van der Waals surface area contributed by atoms with Gasteiger partial charge in [0, 0.05) is 26.9 Å². The van der Waals surface area contributed by atoms with E-state index >= 15 is 0 Å². The number of hydrogen-bond acceptors (Lipinski definition) is 2. The lowest BCUT2D eigenvalue weighted by atomic mass is 10.0. The first-order valence-electron chi connectivity index (χ1n) is 4.82. The molecule has 10 heavy (non-hydrogen) atoms. The molecule has 0 saturated carbocycles. The monoisotopic (exact) mass is 144 g/mol. The minimum absolute atomic E-state index is 0.242. The van der Waals surface area contributed by atoms with Crippen LogP contribution < -0.4 is 10.6 Å². The minimum Gasteiger partial charge on any atom is -0.309 e. The Balaban J connectivity index is 2.80. The highest BCUT2D eigenvalue weighted by Crippen LogP contribution is 2.05. The molecule has 0 aromatic heterocycles. The fraction of sp³-hybridized carbons (Fsp3) is 1.00. The molecule has 0 amide bonds. The van der Waals surface area contributed by atoms with Crippen LogP contribution in [0.2, 0.25) is 0 Å². The lowest BCUT2D eigenvalue weighted by Crippen LogP contribution is -2.62. The smallest absolute Gasteiger partial charge is 0.0478 e. The van der Waals surface area contributed by atoms with Crippen molar-refractivity contribution in [2.75, 3.05) is 0 Å². The Bertz CT molecular complexity index is 160. The molecular weight excluding hydrogens is 124 g/mol. The van der Waals surface area contributed by atoms with Gasteiger partial charge in [0.05, 0.1) is 0 Å². The Morgan fingerprint density at radius 2 is 1.20 bits per heavy atom. The van der Waals surface area contributed by atoms with E-state index in [1.807, 2.05) is 13.8 Å². The standard InChI is InChI=1S/C8H18N2/c1-5-6(2)10-8(4)7(3)9-5/h5-10H,1-4H3/i5D,6D. The Kier molecular flexibility index (Phi) is 1.60. The van der Waals surface area contributed by atoms with Crippen molar-refractivity contribution in [3.05, 3.63) is 0 Å². The van der Waals surface area contributed by atoms with Crippen molar-refractivity contribution in [3.8, 4) is 0 Å². The third-order valence-corrected chi connectivity index (χ3v) is 2.20. The lowest BCUT2D eigenvalue weighted by Gasteiger charge is -2.38. The summed E-state index contributed by atoms with van der Waals surface area (Å²) in [5.41, 5.74) is 0. The molecule has 4 unspecified atom stereocenters. The van der Waals surface area contributed by atoms with Gasteiger partial charge in [-0.25, -0.2) is 0 Å². The number of hydrogen-bond donors (Lipinski definition) is 2. The highest BCUT2D eigenvalue weighted by Gasteiger charge is 2.25. The van der Waals surface area contributed by atoms with Crippen LogP contribution in [0, 0.1) is 0 Å². The Labute approximate surface area is 66.2 Å². The highest BCUT2D eigenvalue weighted by atomic mass is 15.1. The van der Waals surface area contributed by atoms with E-state index in [4.69, 9.17) is 2.74 Å². The largest absolute Gasteiger partial charge is 0.309 e. The van der Waals surface area contributed by atoms with Gasteiger partial charge in [0.1, 0.15) is 0 Å². The summed E-state index contributed by atoms with van der Waals surface area (Å²) < 4.78 is 15.8. The molecule has 1 fully saturated rings.